The monoisotopic (exact) mass is 471 g/mol. The van der Waals surface area contributed by atoms with E-state index in [4.69, 9.17) is 14.7 Å². The number of carbonyl (C=O) groups is 2. The van der Waals surface area contributed by atoms with Crippen LogP contribution in [0.1, 0.15) is 33.1 Å². The third-order valence-electron chi connectivity index (χ3n) is 6.94. The van der Waals surface area contributed by atoms with Gasteiger partial charge in [0, 0.05) is 58.2 Å². The van der Waals surface area contributed by atoms with Crippen LogP contribution < -0.4 is 25.2 Å². The molecule has 10 nitrogen and oxygen atoms in total. The number of aromatic nitrogens is 2. The Morgan fingerprint density at radius 2 is 2.00 bits per heavy atom. The van der Waals surface area contributed by atoms with Gasteiger partial charge in [-0.2, -0.15) is 9.97 Å². The highest BCUT2D eigenvalue weighted by molar-refractivity contribution is 5.87. The third kappa shape index (κ3) is 4.90. The molecular formula is C24H37N7O3. The molecule has 1 spiro atoms. The summed E-state index contributed by atoms with van der Waals surface area (Å²) < 4.78 is 6.00. The summed E-state index contributed by atoms with van der Waals surface area (Å²) >= 11 is 0. The fraction of sp³-hybridized carbons (Fsp3) is 0.667. The molecule has 2 N–H and O–H groups in total. The second-order valence-electron chi connectivity index (χ2n) is 10.2. The van der Waals surface area contributed by atoms with E-state index >= 15 is 0 Å². The molecule has 4 heterocycles. The van der Waals surface area contributed by atoms with Crippen LogP contribution >= 0.6 is 0 Å². The zero-order chi connectivity index (χ0) is 24.5. The minimum absolute atomic E-state index is 0.00771. The zero-order valence-corrected chi connectivity index (χ0v) is 20.8. The molecule has 4 rings (SSSR count). The lowest BCUT2D eigenvalue weighted by atomic mass is 9.79. The SMILES string of the molecule is C=CC(=O)N1CC2(CCN(c3nc(N[C@H](CC(=O)NC)CC(C)C)c4c(n3)N(C)CCO4)C2)C1. The van der Waals surface area contributed by atoms with E-state index in [1.54, 1.807) is 7.05 Å². The summed E-state index contributed by atoms with van der Waals surface area (Å²) in [6.07, 6.45) is 3.57. The van der Waals surface area contributed by atoms with Crippen molar-refractivity contribution in [2.75, 3.05) is 68.5 Å². The van der Waals surface area contributed by atoms with E-state index in [0.29, 0.717) is 36.5 Å². The van der Waals surface area contributed by atoms with Crippen molar-refractivity contribution in [1.82, 2.24) is 20.2 Å². The Morgan fingerprint density at radius 3 is 2.68 bits per heavy atom. The molecule has 34 heavy (non-hydrogen) atoms. The van der Waals surface area contributed by atoms with E-state index < -0.39 is 0 Å². The molecule has 3 aliphatic rings. The van der Waals surface area contributed by atoms with Gasteiger partial charge in [0.15, 0.2) is 11.6 Å². The van der Waals surface area contributed by atoms with Crippen LogP contribution in [0.5, 0.6) is 5.75 Å². The summed E-state index contributed by atoms with van der Waals surface area (Å²) in [7, 11) is 3.67. The summed E-state index contributed by atoms with van der Waals surface area (Å²) in [5.74, 6) is 3.10. The predicted molar refractivity (Wildman–Crippen MR) is 132 cm³/mol. The van der Waals surface area contributed by atoms with E-state index in [1.165, 1.54) is 6.08 Å². The molecule has 0 saturated carbocycles. The van der Waals surface area contributed by atoms with Gasteiger partial charge >= 0.3 is 0 Å². The highest BCUT2D eigenvalue weighted by Crippen LogP contribution is 2.43. The largest absolute Gasteiger partial charge is 0.485 e. The normalized spacial score (nSPS) is 19.4. The zero-order valence-electron chi connectivity index (χ0n) is 20.8. The van der Waals surface area contributed by atoms with Gasteiger partial charge in [-0.05, 0) is 24.8 Å². The van der Waals surface area contributed by atoms with Crippen LogP contribution in [-0.2, 0) is 9.59 Å². The van der Waals surface area contributed by atoms with E-state index in [0.717, 1.165) is 51.4 Å². The second kappa shape index (κ2) is 9.68. The first-order valence-corrected chi connectivity index (χ1v) is 12.1. The highest BCUT2D eigenvalue weighted by Gasteiger charge is 2.49. The van der Waals surface area contributed by atoms with Crippen LogP contribution in [0, 0.1) is 11.3 Å². The van der Waals surface area contributed by atoms with Gasteiger partial charge in [-0.3, -0.25) is 9.59 Å². The summed E-state index contributed by atoms with van der Waals surface area (Å²) in [5, 5.41) is 6.24. The number of ether oxygens (including phenoxy) is 1. The smallest absolute Gasteiger partial charge is 0.245 e. The number of likely N-dealkylation sites (N-methyl/N-ethyl adjacent to an activating group) is 1. The number of anilines is 3. The molecule has 0 bridgehead atoms. The summed E-state index contributed by atoms with van der Waals surface area (Å²) in [6.45, 7) is 12.3. The van der Waals surface area contributed by atoms with E-state index in [-0.39, 0.29) is 23.3 Å². The fourth-order valence-electron chi connectivity index (χ4n) is 5.14. The topological polar surface area (TPSA) is 103 Å². The van der Waals surface area contributed by atoms with Crippen molar-refractivity contribution in [1.29, 1.82) is 0 Å². The standard InChI is InChI=1S/C24H37N7O3/c1-6-19(33)31-14-24(15-31)7-8-30(13-24)23-27-21(20-22(28-23)29(5)9-10-34-20)26-17(11-16(2)3)12-18(32)25-4/h6,16-17H,1,7-15H2,2-5H3,(H,25,32)(H,26,27,28)/t17-/m0/s1. The Kier molecular flexibility index (Phi) is 6.86. The Morgan fingerprint density at radius 1 is 1.24 bits per heavy atom. The van der Waals surface area contributed by atoms with Crippen molar-refractivity contribution in [3.63, 3.8) is 0 Å². The summed E-state index contributed by atoms with van der Waals surface area (Å²) in [6, 6.07) is -0.0716. The molecule has 0 aromatic carbocycles. The van der Waals surface area contributed by atoms with Gasteiger partial charge in [0.1, 0.15) is 6.61 Å². The van der Waals surface area contributed by atoms with Crippen molar-refractivity contribution in [2.24, 2.45) is 11.3 Å². The van der Waals surface area contributed by atoms with Crippen LogP contribution in [0.15, 0.2) is 12.7 Å². The molecule has 1 aromatic rings. The fourth-order valence-corrected chi connectivity index (χ4v) is 5.14. The lowest BCUT2D eigenvalue weighted by molar-refractivity contribution is -0.136. The predicted octanol–water partition coefficient (Wildman–Crippen LogP) is 1.49. The number of hydrogen-bond acceptors (Lipinski definition) is 8. The Bertz CT molecular complexity index is 945. The number of hydrogen-bond donors (Lipinski definition) is 2. The second-order valence-corrected chi connectivity index (χ2v) is 10.2. The number of likely N-dealkylation sites (tertiary alicyclic amines) is 1. The van der Waals surface area contributed by atoms with Gasteiger partial charge < -0.3 is 30.1 Å². The molecule has 0 aliphatic carbocycles. The van der Waals surface area contributed by atoms with Gasteiger partial charge in [-0.15, -0.1) is 0 Å². The van der Waals surface area contributed by atoms with E-state index in [9.17, 15) is 9.59 Å². The van der Waals surface area contributed by atoms with Crippen molar-refractivity contribution in [3.05, 3.63) is 12.7 Å². The Labute approximate surface area is 201 Å². The number of rotatable bonds is 8. The minimum Gasteiger partial charge on any atom is -0.485 e. The minimum atomic E-state index is -0.0716. The molecule has 0 radical (unpaired) electrons. The molecule has 1 atom stereocenters. The first kappa shape index (κ1) is 24.1. The number of fused-ring (bicyclic) bond motifs is 1. The molecule has 3 aliphatic heterocycles. The van der Waals surface area contributed by atoms with Crippen LogP contribution in [-0.4, -0.2) is 86.2 Å². The third-order valence-corrected chi connectivity index (χ3v) is 6.94. The van der Waals surface area contributed by atoms with Crippen molar-refractivity contribution in [3.8, 4) is 5.75 Å². The summed E-state index contributed by atoms with van der Waals surface area (Å²) in [4.78, 5) is 40.0. The lowest BCUT2D eigenvalue weighted by Crippen LogP contribution is -2.59. The molecule has 2 saturated heterocycles. The van der Waals surface area contributed by atoms with Crippen LogP contribution in [0.4, 0.5) is 17.6 Å². The van der Waals surface area contributed by atoms with Crippen molar-refractivity contribution < 1.29 is 14.3 Å². The van der Waals surface area contributed by atoms with Gasteiger partial charge in [0.25, 0.3) is 0 Å². The first-order valence-electron chi connectivity index (χ1n) is 12.1. The number of carbonyl (C=O) groups excluding carboxylic acids is 2. The molecule has 10 heteroatoms. The maximum Gasteiger partial charge on any atom is 0.245 e. The van der Waals surface area contributed by atoms with Gasteiger partial charge in [0.05, 0.1) is 6.54 Å². The van der Waals surface area contributed by atoms with Crippen LogP contribution in [0.25, 0.3) is 0 Å². The molecule has 0 unspecified atom stereocenters. The molecular weight excluding hydrogens is 434 g/mol. The highest BCUT2D eigenvalue weighted by atomic mass is 16.5. The Balaban J connectivity index is 1.58. The molecule has 186 valence electrons. The van der Waals surface area contributed by atoms with E-state index in [1.807, 2.05) is 11.9 Å². The van der Waals surface area contributed by atoms with Crippen molar-refractivity contribution >= 4 is 29.4 Å². The maximum atomic E-state index is 12.2. The van der Waals surface area contributed by atoms with Gasteiger partial charge in [-0.1, -0.05) is 20.4 Å². The van der Waals surface area contributed by atoms with Gasteiger partial charge in [0.2, 0.25) is 23.5 Å². The summed E-state index contributed by atoms with van der Waals surface area (Å²) in [5.41, 5.74) is 0.0906. The lowest BCUT2D eigenvalue weighted by Gasteiger charge is -2.47. The van der Waals surface area contributed by atoms with Crippen LogP contribution in [0.3, 0.4) is 0 Å². The number of nitrogens with zero attached hydrogens (tertiary/aromatic N) is 5. The van der Waals surface area contributed by atoms with Crippen LogP contribution in [0.2, 0.25) is 0 Å². The number of nitrogens with one attached hydrogen (secondary N) is 2. The molecule has 1 aromatic heterocycles. The average molecular weight is 472 g/mol. The van der Waals surface area contributed by atoms with Crippen molar-refractivity contribution in [2.45, 2.75) is 39.2 Å². The maximum absolute atomic E-state index is 12.2. The quantitative estimate of drug-likeness (QED) is 0.550. The average Bonchev–Trinajstić information content (AvgIpc) is 3.23. The van der Waals surface area contributed by atoms with Gasteiger partial charge in [-0.25, -0.2) is 0 Å². The van der Waals surface area contributed by atoms with E-state index in [2.05, 4.69) is 40.9 Å². The Hall–Kier alpha value is -3.04. The number of amides is 2. The molecule has 2 amide bonds. The molecule has 2 fully saturated rings. The first-order chi connectivity index (χ1) is 16.2.